The first kappa shape index (κ1) is 23.0. The van der Waals surface area contributed by atoms with E-state index in [0.717, 1.165) is 22.8 Å². The van der Waals surface area contributed by atoms with Crippen LogP contribution in [0.3, 0.4) is 0 Å². The van der Waals surface area contributed by atoms with E-state index < -0.39 is 14.9 Å². The Morgan fingerprint density at radius 3 is 2.34 bits per heavy atom. The van der Waals surface area contributed by atoms with E-state index in [1.807, 2.05) is 39.0 Å². The second kappa shape index (κ2) is 9.19. The van der Waals surface area contributed by atoms with Gasteiger partial charge in [0.15, 0.2) is 0 Å². The molecule has 32 heavy (non-hydrogen) atoms. The molecule has 1 unspecified atom stereocenters. The third-order valence-electron chi connectivity index (χ3n) is 4.99. The number of anilines is 1. The highest BCUT2D eigenvalue weighted by molar-refractivity contribution is 7.92. The van der Waals surface area contributed by atoms with Gasteiger partial charge in [0.05, 0.1) is 15.9 Å². The van der Waals surface area contributed by atoms with Crippen LogP contribution in [0.1, 0.15) is 40.0 Å². The minimum absolute atomic E-state index is 0.200. The number of hydrogen-bond donors (Lipinski definition) is 2. The van der Waals surface area contributed by atoms with Gasteiger partial charge in [0, 0.05) is 23.4 Å². The Kier molecular flexibility index (Phi) is 6.59. The van der Waals surface area contributed by atoms with E-state index in [1.54, 1.807) is 0 Å². The number of amides is 1. The number of carbonyl (C=O) groups excluding carboxylic acids is 1. The largest absolute Gasteiger partial charge is 0.346 e. The second-order valence-electron chi connectivity index (χ2n) is 7.49. The Morgan fingerprint density at radius 1 is 1.00 bits per heavy atom. The van der Waals surface area contributed by atoms with Crippen LogP contribution in [0.25, 0.3) is 0 Å². The second-order valence-corrected chi connectivity index (χ2v) is 9.17. The summed E-state index contributed by atoms with van der Waals surface area (Å²) in [5, 5.41) is 13.8. The van der Waals surface area contributed by atoms with Gasteiger partial charge < -0.3 is 5.32 Å². The molecule has 1 amide bonds. The first-order chi connectivity index (χ1) is 15.1. The molecule has 0 aliphatic carbocycles. The van der Waals surface area contributed by atoms with Gasteiger partial charge in [-0.15, -0.1) is 0 Å². The Bertz CT molecular complexity index is 1270. The summed E-state index contributed by atoms with van der Waals surface area (Å²) in [6, 6.07) is 16.6. The number of nitrogens with zero attached hydrogens (tertiary/aromatic N) is 1. The number of aryl methyl sites for hydroxylation is 2. The van der Waals surface area contributed by atoms with Crippen LogP contribution in [-0.4, -0.2) is 19.2 Å². The molecule has 9 heteroatoms. The zero-order chi connectivity index (χ0) is 23.5. The van der Waals surface area contributed by atoms with Crippen LogP contribution in [0.4, 0.5) is 11.4 Å². The summed E-state index contributed by atoms with van der Waals surface area (Å²) in [5.74, 6) is -0.286. The van der Waals surface area contributed by atoms with E-state index in [-0.39, 0.29) is 28.2 Å². The summed E-state index contributed by atoms with van der Waals surface area (Å²) in [7, 11) is -4.02. The predicted molar refractivity (Wildman–Crippen MR) is 122 cm³/mol. The number of non-ortho nitro benzene ring substituents is 1. The summed E-state index contributed by atoms with van der Waals surface area (Å²) >= 11 is 0. The SMILES string of the molecule is Cc1ccc(C)c(C(C)NC(=O)c2ccc(NS(=O)(=O)c3cccc([N+](=O)[O-])c3)cc2)c1. The van der Waals surface area contributed by atoms with Crippen molar-refractivity contribution in [1.82, 2.24) is 5.32 Å². The van der Waals surface area contributed by atoms with Crippen LogP contribution < -0.4 is 10.0 Å². The van der Waals surface area contributed by atoms with Gasteiger partial charge in [-0.3, -0.25) is 19.6 Å². The minimum atomic E-state index is -4.02. The maximum atomic E-state index is 12.6. The number of carbonyl (C=O) groups is 1. The molecule has 0 aromatic heterocycles. The van der Waals surface area contributed by atoms with E-state index in [2.05, 4.69) is 10.0 Å². The number of hydrogen-bond acceptors (Lipinski definition) is 5. The first-order valence-corrected chi connectivity index (χ1v) is 11.3. The van der Waals surface area contributed by atoms with Crippen LogP contribution >= 0.6 is 0 Å². The van der Waals surface area contributed by atoms with Crippen molar-refractivity contribution in [3.05, 3.63) is 99.1 Å². The third-order valence-corrected chi connectivity index (χ3v) is 6.37. The average molecular weight is 454 g/mol. The molecule has 3 aromatic carbocycles. The van der Waals surface area contributed by atoms with Crippen molar-refractivity contribution in [3.63, 3.8) is 0 Å². The maximum absolute atomic E-state index is 12.6. The number of benzene rings is 3. The Balaban J connectivity index is 1.72. The number of nitrogens with one attached hydrogen (secondary N) is 2. The molecule has 166 valence electrons. The molecule has 3 aromatic rings. The van der Waals surface area contributed by atoms with Gasteiger partial charge in [-0.1, -0.05) is 29.8 Å². The molecule has 0 spiro atoms. The van der Waals surface area contributed by atoms with E-state index in [0.29, 0.717) is 5.56 Å². The molecule has 0 saturated carbocycles. The molecule has 0 radical (unpaired) electrons. The zero-order valence-corrected chi connectivity index (χ0v) is 18.6. The summed E-state index contributed by atoms with van der Waals surface area (Å²) in [6.07, 6.45) is 0. The topological polar surface area (TPSA) is 118 Å². The fraction of sp³-hybridized carbons (Fsp3) is 0.174. The molecule has 1 atom stereocenters. The lowest BCUT2D eigenvalue weighted by Gasteiger charge is -2.17. The Labute approximate surface area is 186 Å². The lowest BCUT2D eigenvalue weighted by Crippen LogP contribution is -2.27. The molecule has 3 rings (SSSR count). The fourth-order valence-corrected chi connectivity index (χ4v) is 4.35. The molecule has 0 bridgehead atoms. The van der Waals surface area contributed by atoms with Crippen LogP contribution in [0.2, 0.25) is 0 Å². The Hall–Kier alpha value is -3.72. The molecule has 2 N–H and O–H groups in total. The van der Waals surface area contributed by atoms with Gasteiger partial charge in [-0.05, 0) is 62.2 Å². The van der Waals surface area contributed by atoms with E-state index in [4.69, 9.17) is 0 Å². The molecule has 0 aliphatic heterocycles. The van der Waals surface area contributed by atoms with Crippen molar-refractivity contribution >= 4 is 27.3 Å². The van der Waals surface area contributed by atoms with Crippen molar-refractivity contribution in [2.75, 3.05) is 4.72 Å². The lowest BCUT2D eigenvalue weighted by atomic mass is 9.99. The normalized spacial score (nSPS) is 12.1. The first-order valence-electron chi connectivity index (χ1n) is 9.82. The highest BCUT2D eigenvalue weighted by atomic mass is 32.2. The van der Waals surface area contributed by atoms with E-state index in [9.17, 15) is 23.3 Å². The monoisotopic (exact) mass is 453 g/mol. The Morgan fingerprint density at radius 2 is 1.69 bits per heavy atom. The average Bonchev–Trinajstić information content (AvgIpc) is 2.75. The van der Waals surface area contributed by atoms with Crippen molar-refractivity contribution in [3.8, 4) is 0 Å². The van der Waals surface area contributed by atoms with E-state index in [1.165, 1.54) is 42.5 Å². The summed E-state index contributed by atoms with van der Waals surface area (Å²) in [4.78, 5) is 22.6. The fourth-order valence-electron chi connectivity index (χ4n) is 3.25. The predicted octanol–water partition coefficient (Wildman–Crippen LogP) is 4.50. The third kappa shape index (κ3) is 5.30. The quantitative estimate of drug-likeness (QED) is 0.403. The molecular formula is C23H23N3O5S. The van der Waals surface area contributed by atoms with Crippen molar-refractivity contribution in [2.45, 2.75) is 31.7 Å². The molecule has 8 nitrogen and oxygen atoms in total. The van der Waals surface area contributed by atoms with Crippen molar-refractivity contribution in [1.29, 1.82) is 0 Å². The molecule has 0 heterocycles. The summed E-state index contributed by atoms with van der Waals surface area (Å²) in [6.45, 7) is 5.88. The van der Waals surface area contributed by atoms with Gasteiger partial charge in [0.25, 0.3) is 21.6 Å². The zero-order valence-electron chi connectivity index (χ0n) is 17.8. The van der Waals surface area contributed by atoms with Gasteiger partial charge in [0.2, 0.25) is 0 Å². The number of rotatable bonds is 7. The number of nitro benzene ring substituents is 1. The highest BCUT2D eigenvalue weighted by Gasteiger charge is 2.18. The minimum Gasteiger partial charge on any atom is -0.346 e. The molecule has 0 aliphatic rings. The molecule has 0 saturated heterocycles. The van der Waals surface area contributed by atoms with Crippen LogP contribution in [-0.2, 0) is 10.0 Å². The van der Waals surface area contributed by atoms with Gasteiger partial charge in [-0.25, -0.2) is 8.42 Å². The standard InChI is InChI=1S/C23H23N3O5S/c1-15-7-8-16(2)22(13-15)17(3)24-23(27)18-9-11-19(12-10-18)25-32(30,31)21-6-4-5-20(14-21)26(28)29/h4-14,17,25H,1-3H3,(H,24,27). The molecule has 0 fully saturated rings. The number of nitro groups is 1. The molecular weight excluding hydrogens is 430 g/mol. The van der Waals surface area contributed by atoms with Crippen LogP contribution in [0.15, 0.2) is 71.6 Å². The van der Waals surface area contributed by atoms with Crippen molar-refractivity contribution in [2.24, 2.45) is 0 Å². The smallest absolute Gasteiger partial charge is 0.270 e. The van der Waals surface area contributed by atoms with Crippen molar-refractivity contribution < 1.29 is 18.1 Å². The van der Waals surface area contributed by atoms with Gasteiger partial charge in [0.1, 0.15) is 0 Å². The van der Waals surface area contributed by atoms with Gasteiger partial charge >= 0.3 is 0 Å². The lowest BCUT2D eigenvalue weighted by molar-refractivity contribution is -0.385. The highest BCUT2D eigenvalue weighted by Crippen LogP contribution is 2.22. The van der Waals surface area contributed by atoms with Gasteiger partial charge in [-0.2, -0.15) is 0 Å². The van der Waals surface area contributed by atoms with Crippen LogP contribution in [0.5, 0.6) is 0 Å². The summed E-state index contributed by atoms with van der Waals surface area (Å²) < 4.78 is 27.5. The maximum Gasteiger partial charge on any atom is 0.270 e. The summed E-state index contributed by atoms with van der Waals surface area (Å²) in [5.41, 5.74) is 3.50. The van der Waals surface area contributed by atoms with E-state index >= 15 is 0 Å². The number of sulfonamides is 1. The van der Waals surface area contributed by atoms with Crippen LogP contribution in [0, 0.1) is 24.0 Å².